The van der Waals surface area contributed by atoms with Gasteiger partial charge in [-0.25, -0.2) is 4.98 Å². The number of thiazole rings is 1. The average molecular weight is 341 g/mol. The molecule has 0 aliphatic carbocycles. The number of nitrogens with zero attached hydrogens (tertiary/aromatic N) is 2. The standard InChI is InChI=1S/C18H19N3O2S/c1-4-9-23-16-8-6-5-7-14(16)10-15(11-19)17(22)21-18-20-12(2)13(3)24-18/h5-8,10H,4,9H2,1-3H3,(H,20,21,22)/b15-10+. The summed E-state index contributed by atoms with van der Waals surface area (Å²) in [6.07, 6.45) is 2.42. The lowest BCUT2D eigenvalue weighted by Gasteiger charge is -2.08. The van der Waals surface area contributed by atoms with Gasteiger partial charge in [-0.3, -0.25) is 10.1 Å². The number of para-hydroxylation sites is 1. The van der Waals surface area contributed by atoms with Crippen molar-refractivity contribution in [3.63, 3.8) is 0 Å². The molecule has 124 valence electrons. The van der Waals surface area contributed by atoms with Gasteiger partial charge in [-0.05, 0) is 32.4 Å². The number of benzene rings is 1. The minimum atomic E-state index is -0.475. The van der Waals surface area contributed by atoms with Crippen LogP contribution in [-0.2, 0) is 4.79 Å². The number of nitrogens with one attached hydrogen (secondary N) is 1. The maximum Gasteiger partial charge on any atom is 0.268 e. The second-order valence-electron chi connectivity index (χ2n) is 5.17. The van der Waals surface area contributed by atoms with Gasteiger partial charge in [0.05, 0.1) is 12.3 Å². The molecule has 0 saturated heterocycles. The number of rotatable bonds is 6. The Labute approximate surface area is 145 Å². The molecule has 0 radical (unpaired) electrons. The Morgan fingerprint density at radius 1 is 1.42 bits per heavy atom. The van der Waals surface area contributed by atoms with Crippen molar-refractivity contribution in [2.24, 2.45) is 0 Å². The predicted molar refractivity (Wildman–Crippen MR) is 96.0 cm³/mol. The third kappa shape index (κ3) is 4.43. The highest BCUT2D eigenvalue weighted by Gasteiger charge is 2.13. The summed E-state index contributed by atoms with van der Waals surface area (Å²) in [7, 11) is 0. The first-order valence-electron chi connectivity index (χ1n) is 7.64. The SMILES string of the molecule is CCCOc1ccccc1/C=C(\C#N)C(=O)Nc1nc(C)c(C)s1. The van der Waals surface area contributed by atoms with E-state index in [1.807, 2.05) is 51.1 Å². The minimum absolute atomic E-state index is 0.00746. The summed E-state index contributed by atoms with van der Waals surface area (Å²) in [4.78, 5) is 17.6. The van der Waals surface area contributed by atoms with Crippen molar-refractivity contribution in [1.29, 1.82) is 5.26 Å². The molecule has 0 aliphatic heterocycles. The molecule has 5 nitrogen and oxygen atoms in total. The van der Waals surface area contributed by atoms with Crippen molar-refractivity contribution in [1.82, 2.24) is 4.98 Å². The molecule has 1 N–H and O–H groups in total. The minimum Gasteiger partial charge on any atom is -0.493 e. The van der Waals surface area contributed by atoms with Crippen molar-refractivity contribution in [2.45, 2.75) is 27.2 Å². The fourth-order valence-electron chi connectivity index (χ4n) is 1.94. The van der Waals surface area contributed by atoms with Crippen LogP contribution < -0.4 is 10.1 Å². The van der Waals surface area contributed by atoms with Crippen molar-refractivity contribution < 1.29 is 9.53 Å². The van der Waals surface area contributed by atoms with E-state index in [0.29, 0.717) is 23.1 Å². The molecule has 0 bridgehead atoms. The molecule has 2 aromatic rings. The number of carbonyl (C=O) groups is 1. The number of aryl methyl sites for hydroxylation is 2. The molecular weight excluding hydrogens is 322 g/mol. The van der Waals surface area contributed by atoms with Crippen LogP contribution in [0.25, 0.3) is 6.08 Å². The topological polar surface area (TPSA) is 75.0 Å². The second kappa shape index (κ2) is 8.27. The molecule has 1 heterocycles. The maximum atomic E-state index is 12.3. The van der Waals surface area contributed by atoms with Gasteiger partial charge in [0, 0.05) is 10.4 Å². The Kier molecular flexibility index (Phi) is 6.10. The Bertz CT molecular complexity index is 783. The number of ether oxygens (including phenoxy) is 1. The van der Waals surface area contributed by atoms with E-state index in [1.54, 1.807) is 0 Å². The van der Waals surface area contributed by atoms with Gasteiger partial charge in [0.25, 0.3) is 5.91 Å². The number of aromatic nitrogens is 1. The molecule has 0 unspecified atom stereocenters. The largest absolute Gasteiger partial charge is 0.493 e. The van der Waals surface area contributed by atoms with Crippen LogP contribution in [0.5, 0.6) is 5.75 Å². The van der Waals surface area contributed by atoms with E-state index in [4.69, 9.17) is 4.74 Å². The summed E-state index contributed by atoms with van der Waals surface area (Å²) in [5, 5.41) is 12.5. The first kappa shape index (κ1) is 17.7. The number of hydrogen-bond acceptors (Lipinski definition) is 5. The van der Waals surface area contributed by atoms with Crippen LogP contribution in [0.3, 0.4) is 0 Å². The molecule has 1 aromatic heterocycles. The van der Waals surface area contributed by atoms with Crippen LogP contribution in [0.1, 0.15) is 29.5 Å². The molecule has 0 saturated carbocycles. The number of anilines is 1. The van der Waals surface area contributed by atoms with E-state index in [1.165, 1.54) is 17.4 Å². The van der Waals surface area contributed by atoms with E-state index in [0.717, 1.165) is 17.0 Å². The monoisotopic (exact) mass is 341 g/mol. The molecule has 24 heavy (non-hydrogen) atoms. The van der Waals surface area contributed by atoms with E-state index in [2.05, 4.69) is 10.3 Å². The van der Waals surface area contributed by atoms with Gasteiger partial charge in [-0.15, -0.1) is 11.3 Å². The van der Waals surface area contributed by atoms with E-state index in [-0.39, 0.29) is 5.57 Å². The van der Waals surface area contributed by atoms with Gasteiger partial charge in [-0.2, -0.15) is 5.26 Å². The van der Waals surface area contributed by atoms with Crippen LogP contribution in [0.15, 0.2) is 29.8 Å². The Morgan fingerprint density at radius 2 is 2.17 bits per heavy atom. The zero-order valence-corrected chi connectivity index (χ0v) is 14.7. The van der Waals surface area contributed by atoms with Gasteiger partial charge in [0.2, 0.25) is 0 Å². The highest BCUT2D eigenvalue weighted by Crippen LogP contribution is 2.23. The molecule has 0 fully saturated rings. The third-order valence-electron chi connectivity index (χ3n) is 3.29. The molecule has 2 rings (SSSR count). The summed E-state index contributed by atoms with van der Waals surface area (Å²) in [6, 6.07) is 9.27. The van der Waals surface area contributed by atoms with Crippen LogP contribution in [-0.4, -0.2) is 17.5 Å². The molecule has 0 atom stereocenters. The van der Waals surface area contributed by atoms with E-state index < -0.39 is 5.91 Å². The summed E-state index contributed by atoms with van der Waals surface area (Å²) in [5.41, 5.74) is 1.58. The van der Waals surface area contributed by atoms with Gasteiger partial charge in [0.15, 0.2) is 5.13 Å². The summed E-state index contributed by atoms with van der Waals surface area (Å²) in [5.74, 6) is 0.178. The second-order valence-corrected chi connectivity index (χ2v) is 6.37. The van der Waals surface area contributed by atoms with Crippen LogP contribution in [0.2, 0.25) is 0 Å². The smallest absolute Gasteiger partial charge is 0.268 e. The Hall–Kier alpha value is -2.65. The van der Waals surface area contributed by atoms with Crippen molar-refractivity contribution in [3.8, 4) is 11.8 Å². The quantitative estimate of drug-likeness (QED) is 0.634. The zero-order chi connectivity index (χ0) is 17.5. The van der Waals surface area contributed by atoms with Crippen molar-refractivity contribution in [2.75, 3.05) is 11.9 Å². The van der Waals surface area contributed by atoms with Gasteiger partial charge < -0.3 is 4.74 Å². The molecule has 6 heteroatoms. The summed E-state index contributed by atoms with van der Waals surface area (Å²) < 4.78 is 5.65. The van der Waals surface area contributed by atoms with Crippen LogP contribution >= 0.6 is 11.3 Å². The van der Waals surface area contributed by atoms with Gasteiger partial charge >= 0.3 is 0 Å². The zero-order valence-electron chi connectivity index (χ0n) is 13.9. The van der Waals surface area contributed by atoms with E-state index in [9.17, 15) is 10.1 Å². The lowest BCUT2D eigenvalue weighted by Crippen LogP contribution is -2.13. The predicted octanol–water partition coefficient (Wildman–Crippen LogP) is 4.09. The van der Waals surface area contributed by atoms with Crippen LogP contribution in [0, 0.1) is 25.2 Å². The Morgan fingerprint density at radius 3 is 2.79 bits per heavy atom. The highest BCUT2D eigenvalue weighted by molar-refractivity contribution is 7.15. The normalized spacial score (nSPS) is 11.0. The average Bonchev–Trinajstić information content (AvgIpc) is 2.88. The number of hydrogen-bond donors (Lipinski definition) is 1. The Balaban J connectivity index is 2.22. The van der Waals surface area contributed by atoms with Gasteiger partial charge in [-0.1, -0.05) is 25.1 Å². The molecule has 0 spiro atoms. The van der Waals surface area contributed by atoms with Crippen molar-refractivity contribution >= 4 is 28.5 Å². The highest BCUT2D eigenvalue weighted by atomic mass is 32.1. The van der Waals surface area contributed by atoms with Crippen molar-refractivity contribution in [3.05, 3.63) is 46.0 Å². The molecule has 1 aromatic carbocycles. The number of nitriles is 1. The summed E-state index contributed by atoms with van der Waals surface area (Å²) in [6.45, 7) is 6.41. The molecule has 0 aliphatic rings. The fourth-order valence-corrected chi connectivity index (χ4v) is 2.75. The summed E-state index contributed by atoms with van der Waals surface area (Å²) >= 11 is 1.39. The molecule has 1 amide bonds. The first-order chi connectivity index (χ1) is 11.5. The lowest BCUT2D eigenvalue weighted by atomic mass is 10.1. The van der Waals surface area contributed by atoms with E-state index >= 15 is 0 Å². The lowest BCUT2D eigenvalue weighted by molar-refractivity contribution is -0.112. The number of carbonyl (C=O) groups excluding carboxylic acids is 1. The van der Waals surface area contributed by atoms with Gasteiger partial charge in [0.1, 0.15) is 17.4 Å². The third-order valence-corrected chi connectivity index (χ3v) is 4.28. The number of amides is 1. The fraction of sp³-hybridized carbons (Fsp3) is 0.278. The van der Waals surface area contributed by atoms with Crippen LogP contribution in [0.4, 0.5) is 5.13 Å². The first-order valence-corrected chi connectivity index (χ1v) is 8.45. The molecular formula is C18H19N3O2S. The maximum absolute atomic E-state index is 12.3.